The molecular weight excluding hydrogens is 926 g/mol. The largest absolute Gasteiger partial charge is 0.396 e. The Balaban J connectivity index is 0.951. The number of piperidine rings is 1. The van der Waals surface area contributed by atoms with E-state index in [1.165, 1.54) is 38.3 Å². The average molecular weight is 986 g/mol. The van der Waals surface area contributed by atoms with Crippen LogP contribution < -0.4 is 27.4 Å². The van der Waals surface area contributed by atoms with Gasteiger partial charge in [-0.25, -0.2) is 4.79 Å². The van der Waals surface area contributed by atoms with Gasteiger partial charge >= 0.3 is 13.3 Å². The third-order valence-corrected chi connectivity index (χ3v) is 15.4. The maximum Gasteiger partial charge on any atom is 0.396 e. The summed E-state index contributed by atoms with van der Waals surface area (Å²) in [5.41, 5.74) is 5.32. The van der Waals surface area contributed by atoms with Crippen molar-refractivity contribution < 1.29 is 52.7 Å². The number of primary amides is 1. The molecule has 21 nitrogen and oxygen atoms in total. The number of H-pyrrole nitrogens is 1. The highest BCUT2D eigenvalue weighted by molar-refractivity contribution is 7.70. The molecule has 1 aliphatic carbocycles. The molecule has 22 heteroatoms. The average Bonchev–Trinajstić information content (AvgIpc) is 3.99. The van der Waals surface area contributed by atoms with Crippen LogP contribution in [0.3, 0.4) is 0 Å². The number of nitrogens with two attached hydrogens (primary N) is 1. The van der Waals surface area contributed by atoms with E-state index in [1.807, 2.05) is 18.2 Å². The Morgan fingerprint density at radius 3 is 2.31 bits per heavy atom. The third kappa shape index (κ3) is 10.7. The number of amides is 7. The van der Waals surface area contributed by atoms with Crippen molar-refractivity contribution >= 4 is 76.4 Å². The quantitative estimate of drug-likeness (QED) is 0.0708. The molecule has 3 aliphatic heterocycles. The van der Waals surface area contributed by atoms with Crippen molar-refractivity contribution in [3.05, 3.63) is 69.8 Å². The SMILES string of the molecule is Cn1c(=O)n(C2CCC(=O)NC2=O)c2ccc(C[C@H]3CC[C@@H](CC(=O)N4CC[C@H]5CC[C@@H](C(=O)NC(C)(C)CCC(N)=O)N5C(=O)[C@@H](NC(=O)c5cc6cc(C(=O)P(=O)(O)O)ccc6[nH]5)C4)CC3)cc21. The lowest BCUT2D eigenvalue weighted by atomic mass is 9.78. The molecule has 0 radical (unpaired) electrons. The van der Waals surface area contributed by atoms with Crippen LogP contribution >= 0.6 is 7.60 Å². The zero-order valence-electron chi connectivity index (χ0n) is 39.4. The minimum Gasteiger partial charge on any atom is -0.370 e. The van der Waals surface area contributed by atoms with E-state index in [2.05, 4.69) is 20.9 Å². The third-order valence-electron chi connectivity index (χ3n) is 14.6. The summed E-state index contributed by atoms with van der Waals surface area (Å²) in [7, 11) is -3.41. The molecule has 5 heterocycles. The lowest BCUT2D eigenvalue weighted by Crippen LogP contribution is -2.62. The van der Waals surface area contributed by atoms with Crippen molar-refractivity contribution in [1.29, 1.82) is 0 Å². The first-order valence-corrected chi connectivity index (χ1v) is 25.5. The minimum absolute atomic E-state index is 0.0154. The molecule has 0 bridgehead atoms. The van der Waals surface area contributed by atoms with E-state index in [0.717, 1.165) is 37.7 Å². The van der Waals surface area contributed by atoms with E-state index in [-0.39, 0.29) is 79.9 Å². The van der Waals surface area contributed by atoms with E-state index in [1.54, 1.807) is 25.8 Å². The van der Waals surface area contributed by atoms with E-state index in [4.69, 9.17) is 5.73 Å². The van der Waals surface area contributed by atoms with Gasteiger partial charge in [0.25, 0.3) is 11.4 Å². The van der Waals surface area contributed by atoms with Crippen molar-refractivity contribution in [3.63, 3.8) is 0 Å². The van der Waals surface area contributed by atoms with Gasteiger partial charge in [-0.2, -0.15) is 0 Å². The van der Waals surface area contributed by atoms with E-state index in [0.29, 0.717) is 47.1 Å². The number of aromatic nitrogens is 3. The first kappa shape index (κ1) is 50.0. The number of carbonyl (C=O) groups excluding carboxylic acids is 8. The zero-order chi connectivity index (χ0) is 50.4. The predicted octanol–water partition coefficient (Wildman–Crippen LogP) is 2.41. The summed E-state index contributed by atoms with van der Waals surface area (Å²) >= 11 is 0. The van der Waals surface area contributed by atoms with Gasteiger partial charge in [0.05, 0.1) is 11.0 Å². The van der Waals surface area contributed by atoms with Gasteiger partial charge in [0, 0.05) is 67.4 Å². The maximum absolute atomic E-state index is 14.7. The molecule has 1 unspecified atom stereocenters. The maximum atomic E-state index is 14.7. The summed E-state index contributed by atoms with van der Waals surface area (Å²) < 4.78 is 14.6. The Hall–Kier alpha value is -6.44. The topological polar surface area (TPSA) is 305 Å². The van der Waals surface area contributed by atoms with Crippen molar-refractivity contribution in [2.75, 3.05) is 13.1 Å². The molecule has 4 aliphatic rings. The number of benzene rings is 2. The van der Waals surface area contributed by atoms with Gasteiger partial charge in [-0.15, -0.1) is 0 Å². The first-order chi connectivity index (χ1) is 33.1. The van der Waals surface area contributed by atoms with E-state index in [9.17, 15) is 57.5 Å². The molecular formula is C48H60N9O12P. The number of rotatable bonds is 14. The number of imidazole rings is 1. The van der Waals surface area contributed by atoms with Gasteiger partial charge in [0.15, 0.2) is 0 Å². The van der Waals surface area contributed by atoms with Gasteiger partial charge in [-0.05, 0) is 132 Å². The molecule has 70 heavy (non-hydrogen) atoms. The van der Waals surface area contributed by atoms with Crippen LogP contribution in [-0.2, 0) is 46.8 Å². The summed E-state index contributed by atoms with van der Waals surface area (Å²) in [5.74, 6) is -2.79. The summed E-state index contributed by atoms with van der Waals surface area (Å²) in [6, 6.07) is 7.72. The second-order valence-corrected chi connectivity index (χ2v) is 21.6. The zero-order valence-corrected chi connectivity index (χ0v) is 40.3. The van der Waals surface area contributed by atoms with Crippen LogP contribution in [-0.4, -0.2) is 117 Å². The van der Waals surface area contributed by atoms with Crippen LogP contribution in [0.4, 0.5) is 0 Å². The standard InChI is InChI=1S/C48H60N9O12P/c1-48(2,18-16-39(49)58)53-44(63)37-13-10-31-17-19-55(25-34(45(64)56(31)37)51-42(61)33-24-30-23-29(9-11-32(30)50-33)46(65)70(67,68)69)41(60)22-27-6-4-26(5-7-27)20-28-8-12-35-38(21-28)54(3)47(66)57(35)36-14-15-40(59)52-43(36)62/h8-9,11-12,21,23-24,26-27,31,34,36-37,50H,4-7,10,13-20,22,25H2,1-3H3,(H2,49,58)(H,51,61)(H,53,63)(H,52,59,62)(H2,67,68,69)/t26-,27+,31-,34+,36?,37+/m1/s1. The number of hydrogen-bond acceptors (Lipinski definition) is 10. The molecule has 2 aromatic carbocycles. The predicted molar refractivity (Wildman–Crippen MR) is 254 cm³/mol. The highest BCUT2D eigenvalue weighted by atomic mass is 31.2. The molecule has 4 fully saturated rings. The molecule has 1 saturated carbocycles. The molecule has 8 rings (SSSR count). The Labute approximate surface area is 402 Å². The van der Waals surface area contributed by atoms with Gasteiger partial charge in [0.1, 0.15) is 23.8 Å². The van der Waals surface area contributed by atoms with Gasteiger partial charge in [-0.3, -0.25) is 57.4 Å². The smallest absolute Gasteiger partial charge is 0.370 e. The minimum atomic E-state index is -5.08. The lowest BCUT2D eigenvalue weighted by Gasteiger charge is -2.40. The van der Waals surface area contributed by atoms with E-state index < -0.39 is 72.4 Å². The number of hydrogen-bond donors (Lipinski definition) is 7. The number of nitrogens with one attached hydrogen (secondary N) is 4. The van der Waals surface area contributed by atoms with Crippen LogP contribution in [0.5, 0.6) is 0 Å². The molecule has 374 valence electrons. The summed E-state index contributed by atoms with van der Waals surface area (Å²) in [5, 5.41) is 8.42. The molecule has 3 saturated heterocycles. The highest BCUT2D eigenvalue weighted by Crippen LogP contribution is 2.40. The Kier molecular flexibility index (Phi) is 14.1. The number of nitrogens with zero attached hydrogens (tertiary/aromatic N) is 4. The summed E-state index contributed by atoms with van der Waals surface area (Å²) in [6.07, 6.45) is 6.26. The van der Waals surface area contributed by atoms with Crippen molar-refractivity contribution in [1.82, 2.24) is 39.9 Å². The number of fused-ring (bicyclic) bond motifs is 3. The number of aryl methyl sites for hydroxylation is 1. The molecule has 2 aromatic heterocycles. The lowest BCUT2D eigenvalue weighted by molar-refractivity contribution is -0.146. The number of aromatic amines is 1. The fourth-order valence-corrected chi connectivity index (χ4v) is 11.3. The number of carbonyl (C=O) groups is 8. The van der Waals surface area contributed by atoms with Crippen molar-refractivity contribution in [3.8, 4) is 0 Å². The number of imide groups is 1. The molecule has 4 atom stereocenters. The fourth-order valence-electron chi connectivity index (χ4n) is 10.8. The van der Waals surface area contributed by atoms with Gasteiger partial charge in [-0.1, -0.05) is 6.07 Å². The van der Waals surface area contributed by atoms with Crippen LogP contribution in [0.25, 0.3) is 21.9 Å². The molecule has 7 amide bonds. The highest BCUT2D eigenvalue weighted by Gasteiger charge is 2.46. The molecule has 8 N–H and O–H groups in total. The second kappa shape index (κ2) is 19.8. The molecule has 4 aromatic rings. The Bertz CT molecular complexity index is 2910. The van der Waals surface area contributed by atoms with Crippen molar-refractivity contribution in [2.24, 2.45) is 24.6 Å². The monoisotopic (exact) mass is 985 g/mol. The second-order valence-electron chi connectivity index (χ2n) is 20.1. The van der Waals surface area contributed by atoms with Gasteiger partial charge in [0.2, 0.25) is 35.4 Å². The Morgan fingerprint density at radius 1 is 0.886 bits per heavy atom. The fraction of sp³-hybridized carbons (Fsp3) is 0.521. The summed E-state index contributed by atoms with van der Waals surface area (Å²) in [6.45, 7) is 3.63. The van der Waals surface area contributed by atoms with Crippen LogP contribution in [0, 0.1) is 11.8 Å². The Morgan fingerprint density at radius 2 is 1.61 bits per heavy atom. The van der Waals surface area contributed by atoms with Crippen LogP contribution in [0.2, 0.25) is 0 Å². The van der Waals surface area contributed by atoms with Crippen molar-refractivity contribution in [2.45, 2.75) is 127 Å². The van der Waals surface area contributed by atoms with Crippen LogP contribution in [0.1, 0.15) is 123 Å². The first-order valence-electron chi connectivity index (χ1n) is 23.8. The summed E-state index contributed by atoms with van der Waals surface area (Å²) in [4.78, 5) is 143. The van der Waals surface area contributed by atoms with Crippen LogP contribution in [0.15, 0.2) is 47.3 Å². The normalized spacial score (nSPS) is 23.4. The van der Waals surface area contributed by atoms with E-state index >= 15 is 0 Å². The van der Waals surface area contributed by atoms with Gasteiger partial charge < -0.3 is 40.9 Å². The molecule has 0 spiro atoms.